The van der Waals surface area contributed by atoms with Gasteiger partial charge < -0.3 is 17.2 Å². The van der Waals surface area contributed by atoms with Gasteiger partial charge >= 0.3 is 0 Å². The maximum absolute atomic E-state index is 6.02. The molecule has 25 heavy (non-hydrogen) atoms. The molecule has 0 radical (unpaired) electrons. The molecule has 3 heteroatoms. The van der Waals surface area contributed by atoms with Crippen molar-refractivity contribution in [1.82, 2.24) is 0 Å². The molecule has 3 nitrogen and oxygen atoms in total. The van der Waals surface area contributed by atoms with Crippen LogP contribution in [0.25, 0.3) is 5.57 Å². The van der Waals surface area contributed by atoms with Gasteiger partial charge in [-0.25, -0.2) is 0 Å². The van der Waals surface area contributed by atoms with Crippen LogP contribution in [-0.4, -0.2) is 6.04 Å². The Labute approximate surface area is 149 Å². The highest BCUT2D eigenvalue weighted by atomic mass is 14.6. The zero-order chi connectivity index (χ0) is 18.1. The highest BCUT2D eigenvalue weighted by molar-refractivity contribution is 5.87. The molecule has 2 aromatic rings. The summed E-state index contributed by atoms with van der Waals surface area (Å²) >= 11 is 0. The Morgan fingerprint density at radius 3 is 1.84 bits per heavy atom. The zero-order valence-electron chi connectivity index (χ0n) is 15.1. The molecule has 0 bridgehead atoms. The minimum absolute atomic E-state index is 0.228. The van der Waals surface area contributed by atoms with Crippen LogP contribution in [0.3, 0.4) is 0 Å². The summed E-state index contributed by atoms with van der Waals surface area (Å²) in [5, 5.41) is 0. The summed E-state index contributed by atoms with van der Waals surface area (Å²) in [6.07, 6.45) is 6.54. The third-order valence-corrected chi connectivity index (χ3v) is 4.88. The number of rotatable bonds is 2. The van der Waals surface area contributed by atoms with Gasteiger partial charge in [0, 0.05) is 11.4 Å². The molecular formula is C22H26N3+. The van der Waals surface area contributed by atoms with E-state index in [1.165, 1.54) is 16.7 Å². The van der Waals surface area contributed by atoms with Crippen molar-refractivity contribution < 1.29 is 5.73 Å². The summed E-state index contributed by atoms with van der Waals surface area (Å²) in [6.45, 7) is 6.21. The molecule has 0 saturated carbocycles. The smallest absolute Gasteiger partial charge is 0.125 e. The molecule has 0 amide bonds. The number of benzene rings is 2. The molecule has 0 heterocycles. The standard InChI is InChI=1S/C22H25N3/c1-13-10-16(4-7-19(13)23)22(17-5-8-20(24)14(2)11-17)18-6-9-21(25)15(3)12-18/h4-12,19H,23-25H2,1-3H3/p+1. The van der Waals surface area contributed by atoms with Gasteiger partial charge in [-0.2, -0.15) is 0 Å². The van der Waals surface area contributed by atoms with Crippen molar-refractivity contribution in [2.24, 2.45) is 0 Å². The zero-order valence-corrected chi connectivity index (χ0v) is 15.1. The summed E-state index contributed by atoms with van der Waals surface area (Å²) in [6, 6.07) is 12.7. The lowest BCUT2D eigenvalue weighted by Gasteiger charge is -2.18. The lowest BCUT2D eigenvalue weighted by atomic mass is 9.87. The Kier molecular flexibility index (Phi) is 4.51. The van der Waals surface area contributed by atoms with E-state index in [1.807, 2.05) is 26.0 Å². The van der Waals surface area contributed by atoms with Gasteiger partial charge in [-0.1, -0.05) is 18.2 Å². The quantitative estimate of drug-likeness (QED) is 0.737. The van der Waals surface area contributed by atoms with Crippen molar-refractivity contribution in [3.8, 4) is 0 Å². The minimum atomic E-state index is 0.228. The normalized spacial score (nSPS) is 16.7. The highest BCUT2D eigenvalue weighted by Gasteiger charge is 2.16. The monoisotopic (exact) mass is 332 g/mol. The average molecular weight is 332 g/mol. The van der Waals surface area contributed by atoms with Crippen molar-refractivity contribution >= 4 is 16.9 Å². The van der Waals surface area contributed by atoms with E-state index < -0.39 is 0 Å². The molecule has 1 atom stereocenters. The predicted molar refractivity (Wildman–Crippen MR) is 107 cm³/mol. The van der Waals surface area contributed by atoms with Crippen LogP contribution in [0.1, 0.15) is 29.2 Å². The number of hydrogen-bond acceptors (Lipinski definition) is 2. The van der Waals surface area contributed by atoms with Crippen LogP contribution >= 0.6 is 0 Å². The molecule has 0 aliphatic heterocycles. The number of allylic oxidation sites excluding steroid dienone is 3. The molecule has 0 saturated heterocycles. The Balaban J connectivity index is 2.27. The van der Waals surface area contributed by atoms with Crippen molar-refractivity contribution in [3.05, 3.63) is 88.0 Å². The molecule has 7 N–H and O–H groups in total. The second-order valence-corrected chi connectivity index (χ2v) is 6.83. The van der Waals surface area contributed by atoms with Gasteiger partial charge in [0.1, 0.15) is 6.04 Å². The van der Waals surface area contributed by atoms with Crippen LogP contribution in [0.5, 0.6) is 0 Å². The van der Waals surface area contributed by atoms with Gasteiger partial charge in [0.15, 0.2) is 0 Å². The number of anilines is 2. The van der Waals surface area contributed by atoms with E-state index in [0.29, 0.717) is 0 Å². The molecule has 2 aromatic carbocycles. The van der Waals surface area contributed by atoms with Crippen LogP contribution in [0, 0.1) is 13.8 Å². The first-order valence-corrected chi connectivity index (χ1v) is 8.53. The van der Waals surface area contributed by atoms with Gasteiger partial charge in [-0.15, -0.1) is 0 Å². The SMILES string of the molecule is CC1=CC(=C(c2ccc(N)c(C)c2)c2ccc(N)c(C)c2)C=CC1[NH3+]. The maximum atomic E-state index is 6.02. The van der Waals surface area contributed by atoms with Gasteiger partial charge in [0.25, 0.3) is 0 Å². The number of hydrogen-bond donors (Lipinski definition) is 3. The average Bonchev–Trinajstić information content (AvgIpc) is 2.57. The molecule has 3 rings (SSSR count). The fourth-order valence-corrected chi connectivity index (χ4v) is 3.09. The van der Waals surface area contributed by atoms with Gasteiger partial charge in [-0.3, -0.25) is 0 Å². The third kappa shape index (κ3) is 3.37. The first-order valence-electron chi connectivity index (χ1n) is 8.53. The van der Waals surface area contributed by atoms with E-state index in [0.717, 1.165) is 33.6 Å². The molecule has 1 aliphatic rings. The van der Waals surface area contributed by atoms with Gasteiger partial charge in [0.05, 0.1) is 0 Å². The van der Waals surface area contributed by atoms with E-state index in [4.69, 9.17) is 11.5 Å². The van der Waals surface area contributed by atoms with Crippen LogP contribution in [0.2, 0.25) is 0 Å². The van der Waals surface area contributed by atoms with Crippen molar-refractivity contribution in [3.63, 3.8) is 0 Å². The van der Waals surface area contributed by atoms with Gasteiger partial charge in [-0.05, 0) is 96.2 Å². The summed E-state index contributed by atoms with van der Waals surface area (Å²) < 4.78 is 0. The van der Waals surface area contributed by atoms with Crippen LogP contribution < -0.4 is 17.2 Å². The summed E-state index contributed by atoms with van der Waals surface area (Å²) in [5.41, 5.74) is 25.9. The Hall–Kier alpha value is -2.78. The summed E-state index contributed by atoms with van der Waals surface area (Å²) in [4.78, 5) is 0. The Bertz CT molecular complexity index is 863. The highest BCUT2D eigenvalue weighted by Crippen LogP contribution is 2.33. The van der Waals surface area contributed by atoms with Crippen LogP contribution in [0.15, 0.2) is 65.8 Å². The first-order chi connectivity index (χ1) is 11.9. The van der Waals surface area contributed by atoms with E-state index >= 15 is 0 Å². The number of nitrogens with two attached hydrogens (primary N) is 2. The molecule has 0 aromatic heterocycles. The molecule has 0 fully saturated rings. The molecular weight excluding hydrogens is 306 g/mol. The summed E-state index contributed by atoms with van der Waals surface area (Å²) in [5.74, 6) is 0. The number of nitrogen functional groups attached to an aromatic ring is 2. The lowest BCUT2D eigenvalue weighted by Crippen LogP contribution is -2.60. The second-order valence-electron chi connectivity index (χ2n) is 6.83. The van der Waals surface area contributed by atoms with E-state index in [2.05, 4.69) is 55.2 Å². The number of quaternary nitrogens is 1. The maximum Gasteiger partial charge on any atom is 0.125 e. The van der Waals surface area contributed by atoms with Crippen LogP contribution in [0.4, 0.5) is 11.4 Å². The van der Waals surface area contributed by atoms with Crippen molar-refractivity contribution in [2.75, 3.05) is 11.5 Å². The Morgan fingerprint density at radius 1 is 0.880 bits per heavy atom. The Morgan fingerprint density at radius 2 is 1.40 bits per heavy atom. The topological polar surface area (TPSA) is 79.7 Å². The fraction of sp³-hybridized carbons (Fsp3) is 0.182. The number of aryl methyl sites for hydroxylation is 2. The lowest BCUT2D eigenvalue weighted by molar-refractivity contribution is -0.390. The van der Waals surface area contributed by atoms with E-state index in [1.54, 1.807) is 0 Å². The van der Waals surface area contributed by atoms with E-state index in [-0.39, 0.29) is 6.04 Å². The first kappa shape index (κ1) is 17.1. The van der Waals surface area contributed by atoms with Crippen molar-refractivity contribution in [2.45, 2.75) is 26.8 Å². The second kappa shape index (κ2) is 6.61. The minimum Gasteiger partial charge on any atom is -0.399 e. The van der Waals surface area contributed by atoms with Crippen molar-refractivity contribution in [1.29, 1.82) is 0 Å². The largest absolute Gasteiger partial charge is 0.399 e. The third-order valence-electron chi connectivity index (χ3n) is 4.88. The molecule has 0 spiro atoms. The van der Waals surface area contributed by atoms with Gasteiger partial charge in [0.2, 0.25) is 0 Å². The summed E-state index contributed by atoms with van der Waals surface area (Å²) in [7, 11) is 0. The fourth-order valence-electron chi connectivity index (χ4n) is 3.09. The molecule has 128 valence electrons. The van der Waals surface area contributed by atoms with E-state index in [9.17, 15) is 0 Å². The molecule has 1 aliphatic carbocycles. The predicted octanol–water partition coefficient (Wildman–Crippen LogP) is 3.40. The van der Waals surface area contributed by atoms with Crippen LogP contribution in [-0.2, 0) is 0 Å². The molecule has 1 unspecified atom stereocenters.